The second-order valence-corrected chi connectivity index (χ2v) is 15.2. The molecule has 3 fully saturated rings. The van der Waals surface area contributed by atoms with Gasteiger partial charge in [0, 0.05) is 18.5 Å². The Labute approximate surface area is 259 Å². The summed E-state index contributed by atoms with van der Waals surface area (Å²) in [6.45, 7) is 5.69. The maximum atomic E-state index is 13.8. The Hall–Kier alpha value is -3.73. The van der Waals surface area contributed by atoms with Gasteiger partial charge in [-0.05, 0) is 60.6 Å². The van der Waals surface area contributed by atoms with Crippen molar-refractivity contribution < 1.29 is 36.3 Å². The van der Waals surface area contributed by atoms with Crippen LogP contribution in [0.25, 0.3) is 11.4 Å². The summed E-state index contributed by atoms with van der Waals surface area (Å²) in [5, 5.41) is 14.3. The predicted octanol–water partition coefficient (Wildman–Crippen LogP) is 1.00. The summed E-state index contributed by atoms with van der Waals surface area (Å²) in [6, 6.07) is 4.10. The average molecular weight is 653 g/mol. The Morgan fingerprint density at radius 3 is 2.40 bits per heavy atom. The van der Waals surface area contributed by atoms with Crippen molar-refractivity contribution in [1.29, 1.82) is 0 Å². The number of hydrogen-bond acceptors (Lipinski definition) is 10. The summed E-state index contributed by atoms with van der Waals surface area (Å²) < 4.78 is 59.6. The van der Waals surface area contributed by atoms with Crippen LogP contribution in [-0.4, -0.2) is 94.2 Å². The summed E-state index contributed by atoms with van der Waals surface area (Å²) in [6.07, 6.45) is -2.48. The number of tetrazole rings is 1. The molecule has 1 unspecified atom stereocenters. The van der Waals surface area contributed by atoms with Crippen LogP contribution in [0.15, 0.2) is 24.3 Å². The monoisotopic (exact) mass is 652 g/mol. The Balaban J connectivity index is 1.39. The highest BCUT2D eigenvalue weighted by molar-refractivity contribution is 7.91. The molecule has 2 aliphatic carbocycles. The number of nitrogens with one attached hydrogen (secondary N) is 2. The molecule has 1 aromatic heterocycles. The van der Waals surface area contributed by atoms with E-state index in [1.807, 2.05) is 25.5 Å². The maximum absolute atomic E-state index is 13.8. The number of amides is 3. The molecular formula is C28H38F2N8O6S. The first-order valence-corrected chi connectivity index (χ1v) is 16.3. The summed E-state index contributed by atoms with van der Waals surface area (Å²) in [7, 11) is -2.53. The minimum Gasteiger partial charge on any atom is -0.497 e. The van der Waals surface area contributed by atoms with Crippen LogP contribution in [-0.2, 0) is 24.4 Å². The highest BCUT2D eigenvalue weighted by Gasteiger charge is 2.66. The number of nitrogens with zero attached hydrogens (tertiary/aromatic N) is 5. The number of carbonyl (C=O) groups excluding carboxylic acids is 3. The number of halogens is 2. The number of likely N-dealkylation sites (tertiary alicyclic amines) is 1. The van der Waals surface area contributed by atoms with Crippen LogP contribution in [0.3, 0.4) is 0 Å². The van der Waals surface area contributed by atoms with E-state index < -0.39 is 75.4 Å². The van der Waals surface area contributed by atoms with Gasteiger partial charge in [-0.15, -0.1) is 10.2 Å². The zero-order valence-electron chi connectivity index (χ0n) is 25.4. The molecule has 5 atom stereocenters. The van der Waals surface area contributed by atoms with E-state index in [1.165, 1.54) is 16.8 Å². The molecule has 1 aromatic carbocycles. The molecule has 0 bridgehead atoms. The van der Waals surface area contributed by atoms with Crippen molar-refractivity contribution in [2.24, 2.45) is 17.1 Å². The SMILES string of the molecule is COc1ccc(-c2nnn([C@@H]3CC(C(=O)N[C@]4(C(=O)NS(=O)(=O)C5CC5)C[C@H]4C(F)F)N(C(=O)[C@@H](N)CC(C)(C)C)C3)n2)cc1. The fourth-order valence-electron chi connectivity index (χ4n) is 5.71. The molecule has 2 heterocycles. The van der Waals surface area contributed by atoms with Gasteiger partial charge in [0.15, 0.2) is 0 Å². The van der Waals surface area contributed by atoms with Crippen LogP contribution >= 0.6 is 0 Å². The van der Waals surface area contributed by atoms with Crippen molar-refractivity contribution in [2.75, 3.05) is 13.7 Å². The number of hydrogen-bond donors (Lipinski definition) is 3. The second-order valence-electron chi connectivity index (χ2n) is 13.2. The first-order chi connectivity index (χ1) is 21.0. The van der Waals surface area contributed by atoms with Gasteiger partial charge in [0.25, 0.3) is 5.91 Å². The molecular weight excluding hydrogens is 614 g/mol. The second kappa shape index (κ2) is 11.9. The van der Waals surface area contributed by atoms with E-state index in [2.05, 4.69) is 20.7 Å². The van der Waals surface area contributed by atoms with Gasteiger partial charge in [0.2, 0.25) is 34.1 Å². The van der Waals surface area contributed by atoms with E-state index in [9.17, 15) is 31.6 Å². The molecule has 0 radical (unpaired) electrons. The van der Waals surface area contributed by atoms with Gasteiger partial charge in [0.1, 0.15) is 17.3 Å². The number of alkyl halides is 2. The Morgan fingerprint density at radius 2 is 1.84 bits per heavy atom. The zero-order chi connectivity index (χ0) is 32.9. The number of carbonyl (C=O) groups is 3. The van der Waals surface area contributed by atoms with Crippen molar-refractivity contribution in [3.63, 3.8) is 0 Å². The highest BCUT2D eigenvalue weighted by Crippen LogP contribution is 2.48. The molecule has 4 N–H and O–H groups in total. The number of rotatable bonds is 11. The van der Waals surface area contributed by atoms with Crippen molar-refractivity contribution in [3.8, 4) is 17.1 Å². The summed E-state index contributed by atoms with van der Waals surface area (Å²) in [5.41, 5.74) is 4.46. The lowest BCUT2D eigenvalue weighted by molar-refractivity contribution is -0.141. The van der Waals surface area contributed by atoms with Crippen molar-refractivity contribution in [1.82, 2.24) is 35.1 Å². The summed E-state index contributed by atoms with van der Waals surface area (Å²) >= 11 is 0. The van der Waals surface area contributed by atoms with E-state index in [4.69, 9.17) is 10.5 Å². The molecule has 246 valence electrons. The number of benzene rings is 1. The van der Waals surface area contributed by atoms with Crippen LogP contribution < -0.4 is 20.5 Å². The van der Waals surface area contributed by atoms with Gasteiger partial charge >= 0.3 is 0 Å². The number of sulfonamides is 1. The maximum Gasteiger partial charge on any atom is 0.259 e. The van der Waals surface area contributed by atoms with Crippen LogP contribution in [0.4, 0.5) is 8.78 Å². The van der Waals surface area contributed by atoms with Gasteiger partial charge in [-0.2, -0.15) is 4.80 Å². The molecule has 0 spiro atoms. The third-order valence-corrected chi connectivity index (χ3v) is 10.2. The lowest BCUT2D eigenvalue weighted by atomic mass is 9.88. The summed E-state index contributed by atoms with van der Waals surface area (Å²) in [4.78, 5) is 43.0. The fourth-order valence-corrected chi connectivity index (χ4v) is 7.07. The molecule has 5 rings (SSSR count). The van der Waals surface area contributed by atoms with E-state index in [0.717, 1.165) is 0 Å². The predicted molar refractivity (Wildman–Crippen MR) is 156 cm³/mol. The first kappa shape index (κ1) is 32.7. The standard InChI is InChI=1S/C28H38F2N8O6S/c1-27(2,3)13-20(31)25(40)37-14-16(38-34-23(33-36-38)15-5-7-17(44-4)8-6-15)11-21(37)24(39)32-28(12-19(28)22(29)30)26(41)35-45(42,43)18-9-10-18/h5-8,16,18-22H,9-14,31H2,1-4H3,(H,32,39)(H,35,41)/t16-,19+,20+,21?,28-/m1/s1. The lowest BCUT2D eigenvalue weighted by Crippen LogP contribution is -2.58. The fraction of sp³-hybridized carbons (Fsp3) is 0.643. The smallest absolute Gasteiger partial charge is 0.259 e. The summed E-state index contributed by atoms with van der Waals surface area (Å²) in [5.74, 6) is -3.31. The van der Waals surface area contributed by atoms with Crippen molar-refractivity contribution in [3.05, 3.63) is 24.3 Å². The molecule has 45 heavy (non-hydrogen) atoms. The number of aromatic nitrogens is 4. The zero-order valence-corrected chi connectivity index (χ0v) is 26.3. The Kier molecular flexibility index (Phi) is 8.63. The topological polar surface area (TPSA) is 192 Å². The third-order valence-electron chi connectivity index (χ3n) is 8.39. The lowest BCUT2D eigenvalue weighted by Gasteiger charge is -2.30. The molecule has 3 amide bonds. The van der Waals surface area contributed by atoms with Gasteiger partial charge in [-0.1, -0.05) is 20.8 Å². The largest absolute Gasteiger partial charge is 0.497 e. The van der Waals surface area contributed by atoms with Crippen LogP contribution in [0.5, 0.6) is 5.75 Å². The minimum atomic E-state index is -4.07. The molecule has 14 nitrogen and oxygen atoms in total. The normalized spacial score (nSPS) is 25.6. The van der Waals surface area contributed by atoms with Gasteiger partial charge in [0.05, 0.1) is 30.4 Å². The van der Waals surface area contributed by atoms with Crippen LogP contribution in [0.1, 0.15) is 58.9 Å². The van der Waals surface area contributed by atoms with E-state index in [1.54, 1.807) is 24.3 Å². The first-order valence-electron chi connectivity index (χ1n) is 14.7. The molecule has 17 heteroatoms. The van der Waals surface area contributed by atoms with Gasteiger partial charge in [-0.25, -0.2) is 17.2 Å². The van der Waals surface area contributed by atoms with Crippen molar-refractivity contribution >= 4 is 27.7 Å². The number of nitrogens with two attached hydrogens (primary N) is 1. The van der Waals surface area contributed by atoms with Crippen molar-refractivity contribution in [2.45, 2.75) is 88.2 Å². The number of ether oxygens (including phenoxy) is 1. The molecule has 1 saturated heterocycles. The van der Waals surface area contributed by atoms with E-state index >= 15 is 0 Å². The van der Waals surface area contributed by atoms with Gasteiger partial charge < -0.3 is 20.7 Å². The Bertz CT molecular complexity index is 1560. The van der Waals surface area contributed by atoms with Crippen LogP contribution in [0.2, 0.25) is 0 Å². The number of methoxy groups -OCH3 is 1. The van der Waals surface area contributed by atoms with E-state index in [0.29, 0.717) is 30.6 Å². The molecule has 1 aliphatic heterocycles. The van der Waals surface area contributed by atoms with Crippen LogP contribution in [0, 0.1) is 11.3 Å². The quantitative estimate of drug-likeness (QED) is 0.316. The Morgan fingerprint density at radius 1 is 1.18 bits per heavy atom. The third kappa shape index (κ3) is 6.93. The van der Waals surface area contributed by atoms with E-state index in [-0.39, 0.29) is 24.2 Å². The average Bonchev–Trinajstić information content (AvgIpc) is 3.85. The van der Waals surface area contributed by atoms with Gasteiger partial charge in [-0.3, -0.25) is 19.1 Å². The molecule has 2 aromatic rings. The molecule has 3 aliphatic rings. The molecule has 2 saturated carbocycles. The highest BCUT2D eigenvalue weighted by atomic mass is 32.2. The minimum absolute atomic E-state index is 0.0321.